The minimum atomic E-state index is 0.374. The molecule has 0 aromatic carbocycles. The van der Waals surface area contributed by atoms with E-state index in [2.05, 4.69) is 29.0 Å². The number of amides is 1. The van der Waals surface area contributed by atoms with Gasteiger partial charge in [-0.1, -0.05) is 13.3 Å². The lowest BCUT2D eigenvalue weighted by Gasteiger charge is -2.48. The zero-order chi connectivity index (χ0) is 14.8. The Morgan fingerprint density at radius 2 is 2.00 bits per heavy atom. The van der Waals surface area contributed by atoms with E-state index in [0.717, 1.165) is 19.6 Å². The van der Waals surface area contributed by atoms with Gasteiger partial charge in [-0.15, -0.1) is 0 Å². The summed E-state index contributed by atoms with van der Waals surface area (Å²) in [6, 6.07) is 1.39. The molecule has 0 aromatic heterocycles. The van der Waals surface area contributed by atoms with E-state index in [1.807, 2.05) is 0 Å². The Morgan fingerprint density at radius 3 is 2.81 bits per heavy atom. The van der Waals surface area contributed by atoms with Crippen molar-refractivity contribution in [1.82, 2.24) is 15.1 Å². The van der Waals surface area contributed by atoms with Crippen molar-refractivity contribution in [3.8, 4) is 0 Å². The minimum absolute atomic E-state index is 0.374. The first kappa shape index (κ1) is 15.3. The van der Waals surface area contributed by atoms with Gasteiger partial charge in [-0.2, -0.15) is 0 Å². The van der Waals surface area contributed by atoms with Gasteiger partial charge in [0.25, 0.3) is 0 Å². The number of carbonyl (C=O) groups excluding carboxylic acids is 1. The molecule has 3 aliphatic rings. The van der Waals surface area contributed by atoms with Crippen LogP contribution in [0.3, 0.4) is 0 Å². The zero-order valence-electron chi connectivity index (χ0n) is 13.7. The van der Waals surface area contributed by atoms with Crippen molar-refractivity contribution in [2.45, 2.75) is 70.5 Å². The number of rotatable bonds is 2. The summed E-state index contributed by atoms with van der Waals surface area (Å²) >= 11 is 0. The summed E-state index contributed by atoms with van der Waals surface area (Å²) in [6.45, 7) is 8.85. The lowest BCUT2D eigenvalue weighted by atomic mass is 9.89. The first-order valence-electron chi connectivity index (χ1n) is 8.92. The Balaban J connectivity index is 1.58. The summed E-state index contributed by atoms with van der Waals surface area (Å²) in [5.41, 5.74) is 0. The van der Waals surface area contributed by atoms with Crippen LogP contribution in [0, 0.1) is 5.92 Å². The lowest BCUT2D eigenvalue weighted by molar-refractivity contribution is -0.139. The van der Waals surface area contributed by atoms with Crippen LogP contribution in [0.4, 0.5) is 0 Å². The largest absolute Gasteiger partial charge is 0.337 e. The third kappa shape index (κ3) is 3.42. The quantitative estimate of drug-likeness (QED) is 0.844. The molecule has 0 aliphatic carbocycles. The molecule has 3 rings (SSSR count). The molecular weight excluding hydrogens is 262 g/mol. The van der Waals surface area contributed by atoms with Crippen LogP contribution < -0.4 is 5.32 Å². The predicted molar refractivity (Wildman–Crippen MR) is 85.2 cm³/mol. The third-order valence-electron chi connectivity index (χ3n) is 5.83. The van der Waals surface area contributed by atoms with Crippen LogP contribution in [0.2, 0.25) is 0 Å². The monoisotopic (exact) mass is 293 g/mol. The maximum Gasteiger partial charge on any atom is 0.224 e. The molecule has 4 atom stereocenters. The highest BCUT2D eigenvalue weighted by molar-refractivity contribution is 5.77. The number of fused-ring (bicyclic) bond motifs is 1. The zero-order valence-corrected chi connectivity index (χ0v) is 13.7. The van der Waals surface area contributed by atoms with Crippen LogP contribution in [0.1, 0.15) is 52.4 Å². The highest BCUT2D eigenvalue weighted by atomic mass is 16.2. The Kier molecular flexibility index (Phi) is 4.85. The van der Waals surface area contributed by atoms with Crippen molar-refractivity contribution >= 4 is 5.91 Å². The van der Waals surface area contributed by atoms with Crippen molar-refractivity contribution < 1.29 is 4.79 Å². The fourth-order valence-electron chi connectivity index (χ4n) is 4.39. The standard InChI is InChI=1S/C17H31N3O/c1-13-6-5-8-18-16(13)10-17(21)20-12-15-7-3-4-9-19(15)11-14(20)2/h13-16,18H,3-12H2,1-2H3. The van der Waals surface area contributed by atoms with Gasteiger partial charge in [-0.3, -0.25) is 9.69 Å². The first-order valence-corrected chi connectivity index (χ1v) is 8.92. The molecule has 4 unspecified atom stereocenters. The number of piperidine rings is 2. The molecule has 0 spiro atoms. The Hall–Kier alpha value is -0.610. The number of nitrogens with zero attached hydrogens (tertiary/aromatic N) is 2. The van der Waals surface area contributed by atoms with Crippen molar-refractivity contribution in [1.29, 1.82) is 0 Å². The predicted octanol–water partition coefficient (Wildman–Crippen LogP) is 1.85. The molecular formula is C17H31N3O. The molecule has 3 fully saturated rings. The number of carbonyl (C=O) groups is 1. The molecule has 4 heteroatoms. The molecule has 0 radical (unpaired) electrons. The molecule has 3 heterocycles. The van der Waals surface area contributed by atoms with Crippen LogP contribution >= 0.6 is 0 Å². The van der Waals surface area contributed by atoms with Crippen LogP contribution in [0.15, 0.2) is 0 Å². The molecule has 0 saturated carbocycles. The summed E-state index contributed by atoms with van der Waals surface area (Å²) < 4.78 is 0. The summed E-state index contributed by atoms with van der Waals surface area (Å²) in [7, 11) is 0. The van der Waals surface area contributed by atoms with Crippen molar-refractivity contribution in [3.05, 3.63) is 0 Å². The van der Waals surface area contributed by atoms with Crippen LogP contribution in [-0.4, -0.2) is 60.0 Å². The second kappa shape index (κ2) is 6.66. The molecule has 0 bridgehead atoms. The van der Waals surface area contributed by atoms with E-state index in [4.69, 9.17) is 0 Å². The van der Waals surface area contributed by atoms with Gasteiger partial charge >= 0.3 is 0 Å². The highest BCUT2D eigenvalue weighted by Crippen LogP contribution is 2.26. The highest BCUT2D eigenvalue weighted by Gasteiger charge is 2.36. The van der Waals surface area contributed by atoms with Gasteiger partial charge in [-0.25, -0.2) is 0 Å². The van der Waals surface area contributed by atoms with Crippen molar-refractivity contribution in [2.24, 2.45) is 5.92 Å². The molecule has 3 aliphatic heterocycles. The average Bonchev–Trinajstić information content (AvgIpc) is 2.49. The minimum Gasteiger partial charge on any atom is -0.337 e. The summed E-state index contributed by atoms with van der Waals surface area (Å²) in [4.78, 5) is 17.6. The Labute approximate surface area is 129 Å². The van der Waals surface area contributed by atoms with Crippen molar-refractivity contribution in [2.75, 3.05) is 26.2 Å². The first-order chi connectivity index (χ1) is 10.1. The summed E-state index contributed by atoms with van der Waals surface area (Å²) in [5, 5.41) is 3.55. The maximum absolute atomic E-state index is 12.8. The van der Waals surface area contributed by atoms with E-state index in [1.165, 1.54) is 38.6 Å². The van der Waals surface area contributed by atoms with E-state index in [-0.39, 0.29) is 0 Å². The van der Waals surface area contributed by atoms with Gasteiger partial charge in [0.2, 0.25) is 5.91 Å². The Morgan fingerprint density at radius 1 is 1.14 bits per heavy atom. The van der Waals surface area contributed by atoms with Gasteiger partial charge in [0, 0.05) is 37.6 Å². The molecule has 0 aromatic rings. The molecule has 1 N–H and O–H groups in total. The number of nitrogens with one attached hydrogen (secondary N) is 1. The van der Waals surface area contributed by atoms with Gasteiger partial charge < -0.3 is 10.2 Å². The van der Waals surface area contributed by atoms with E-state index < -0.39 is 0 Å². The fourth-order valence-corrected chi connectivity index (χ4v) is 4.39. The van der Waals surface area contributed by atoms with Gasteiger partial charge in [-0.05, 0) is 51.6 Å². The van der Waals surface area contributed by atoms with Gasteiger partial charge in [0.1, 0.15) is 0 Å². The van der Waals surface area contributed by atoms with Gasteiger partial charge in [0.15, 0.2) is 0 Å². The second-order valence-electron chi connectivity index (χ2n) is 7.42. The van der Waals surface area contributed by atoms with E-state index in [0.29, 0.717) is 36.4 Å². The van der Waals surface area contributed by atoms with Gasteiger partial charge in [0.05, 0.1) is 0 Å². The third-order valence-corrected chi connectivity index (χ3v) is 5.83. The van der Waals surface area contributed by atoms with E-state index in [9.17, 15) is 4.79 Å². The SMILES string of the molecule is CC1CCCNC1CC(=O)N1CC2CCCCN2CC1C. The topological polar surface area (TPSA) is 35.6 Å². The van der Waals surface area contributed by atoms with Crippen LogP contribution in [0.25, 0.3) is 0 Å². The van der Waals surface area contributed by atoms with Crippen LogP contribution in [-0.2, 0) is 4.79 Å². The maximum atomic E-state index is 12.8. The lowest BCUT2D eigenvalue weighted by Crippen LogP contribution is -2.60. The summed E-state index contributed by atoms with van der Waals surface area (Å²) in [6.07, 6.45) is 7.15. The number of piperazine rings is 1. The molecule has 120 valence electrons. The average molecular weight is 293 g/mol. The molecule has 3 saturated heterocycles. The molecule has 4 nitrogen and oxygen atoms in total. The number of hydrogen-bond acceptors (Lipinski definition) is 3. The molecule has 1 amide bonds. The fraction of sp³-hybridized carbons (Fsp3) is 0.941. The van der Waals surface area contributed by atoms with Crippen molar-refractivity contribution in [3.63, 3.8) is 0 Å². The van der Waals surface area contributed by atoms with E-state index in [1.54, 1.807) is 0 Å². The number of hydrogen-bond donors (Lipinski definition) is 1. The second-order valence-corrected chi connectivity index (χ2v) is 7.42. The summed E-state index contributed by atoms with van der Waals surface area (Å²) in [5.74, 6) is 1.01. The molecule has 21 heavy (non-hydrogen) atoms. The smallest absolute Gasteiger partial charge is 0.224 e. The normalized spacial score (nSPS) is 38.1. The Bertz CT molecular complexity index is 373. The van der Waals surface area contributed by atoms with Crippen LogP contribution in [0.5, 0.6) is 0 Å². The van der Waals surface area contributed by atoms with E-state index >= 15 is 0 Å².